The Hall–Kier alpha value is 0.259. The number of allylic oxidation sites excluding steroid dienone is 2. The van der Waals surface area contributed by atoms with Gasteiger partial charge >= 0.3 is 83.7 Å². The molecule has 0 spiro atoms. The Balaban J connectivity index is 3.31. The summed E-state index contributed by atoms with van der Waals surface area (Å²) < 4.78 is 0. The molecule has 0 aromatic rings. The summed E-state index contributed by atoms with van der Waals surface area (Å²) in [5.74, 6) is 3.26. The first kappa shape index (κ1) is 12.3. The molecule has 0 radical (unpaired) electrons. The normalized spacial score (nSPS) is 12.7. The van der Waals surface area contributed by atoms with Crippen LogP contribution in [0.3, 0.4) is 0 Å². The van der Waals surface area contributed by atoms with Crippen molar-refractivity contribution < 1.29 is 0 Å². The van der Waals surface area contributed by atoms with E-state index in [0.29, 0.717) is 0 Å². The SMILES string of the molecule is C[Se]CC[C@H](C)CCC=C(C)C. The number of hydrogen-bond donors (Lipinski definition) is 0. The Labute approximate surface area is 84.0 Å². The zero-order valence-electron chi connectivity index (χ0n) is 8.89. The van der Waals surface area contributed by atoms with Crippen LogP contribution in [0, 0.1) is 5.92 Å². The molecule has 0 heterocycles. The molecule has 0 bridgehead atoms. The van der Waals surface area contributed by atoms with Crippen LogP contribution in [0.25, 0.3) is 0 Å². The second-order valence-corrected chi connectivity index (χ2v) is 5.81. The van der Waals surface area contributed by atoms with E-state index in [0.717, 1.165) is 20.9 Å². The van der Waals surface area contributed by atoms with E-state index in [2.05, 4.69) is 32.7 Å². The van der Waals surface area contributed by atoms with Gasteiger partial charge in [-0.25, -0.2) is 0 Å². The fraction of sp³-hybridized carbons (Fsp3) is 0.818. The molecule has 0 unspecified atom stereocenters. The van der Waals surface area contributed by atoms with Crippen molar-refractivity contribution in [3.63, 3.8) is 0 Å². The summed E-state index contributed by atoms with van der Waals surface area (Å²) in [6.45, 7) is 6.74. The molecule has 0 saturated heterocycles. The van der Waals surface area contributed by atoms with Crippen LogP contribution in [0.1, 0.15) is 40.0 Å². The fourth-order valence-electron chi connectivity index (χ4n) is 1.12. The summed E-state index contributed by atoms with van der Waals surface area (Å²) in [7, 11) is 0. The number of rotatable bonds is 6. The molecular formula is C11H22Se. The van der Waals surface area contributed by atoms with Crippen LogP contribution in [-0.2, 0) is 0 Å². The van der Waals surface area contributed by atoms with Crippen LogP contribution in [0.5, 0.6) is 0 Å². The summed E-state index contributed by atoms with van der Waals surface area (Å²) in [5, 5.41) is 1.46. The first-order valence-electron chi connectivity index (χ1n) is 4.79. The van der Waals surface area contributed by atoms with Crippen LogP contribution in [-0.4, -0.2) is 15.0 Å². The average Bonchev–Trinajstić information content (AvgIpc) is 2.00. The summed E-state index contributed by atoms with van der Waals surface area (Å²) >= 11 is 0.880. The Morgan fingerprint density at radius 2 is 2.00 bits per heavy atom. The van der Waals surface area contributed by atoms with Gasteiger partial charge in [0.2, 0.25) is 0 Å². The van der Waals surface area contributed by atoms with Gasteiger partial charge in [-0.2, -0.15) is 0 Å². The fourth-order valence-corrected chi connectivity index (χ4v) is 2.46. The Morgan fingerprint density at radius 1 is 1.33 bits per heavy atom. The minimum atomic E-state index is 0.880. The molecular weight excluding hydrogens is 211 g/mol. The van der Waals surface area contributed by atoms with Crippen LogP contribution in [0.4, 0.5) is 0 Å². The monoisotopic (exact) mass is 234 g/mol. The zero-order chi connectivity index (χ0) is 9.40. The molecule has 0 aliphatic carbocycles. The molecule has 0 aliphatic heterocycles. The topological polar surface area (TPSA) is 0 Å². The van der Waals surface area contributed by atoms with E-state index in [9.17, 15) is 0 Å². The Bertz CT molecular complexity index is 123. The van der Waals surface area contributed by atoms with Crippen molar-refractivity contribution >= 4 is 15.0 Å². The van der Waals surface area contributed by atoms with Crippen molar-refractivity contribution in [2.75, 3.05) is 0 Å². The van der Waals surface area contributed by atoms with E-state index in [1.165, 1.54) is 30.2 Å². The quantitative estimate of drug-likeness (QED) is 0.481. The van der Waals surface area contributed by atoms with Gasteiger partial charge in [-0.15, -0.1) is 0 Å². The van der Waals surface area contributed by atoms with E-state index in [1.807, 2.05) is 0 Å². The van der Waals surface area contributed by atoms with Gasteiger partial charge in [-0.3, -0.25) is 0 Å². The van der Waals surface area contributed by atoms with Gasteiger partial charge in [0.05, 0.1) is 0 Å². The van der Waals surface area contributed by atoms with Crippen LogP contribution >= 0.6 is 0 Å². The third-order valence-electron chi connectivity index (χ3n) is 2.03. The minimum absolute atomic E-state index is 0.880. The van der Waals surface area contributed by atoms with Crippen molar-refractivity contribution in [1.29, 1.82) is 0 Å². The molecule has 0 N–H and O–H groups in total. The van der Waals surface area contributed by atoms with E-state index in [-0.39, 0.29) is 0 Å². The third kappa shape index (κ3) is 8.36. The van der Waals surface area contributed by atoms with E-state index in [4.69, 9.17) is 0 Å². The van der Waals surface area contributed by atoms with Crippen molar-refractivity contribution in [3.8, 4) is 0 Å². The van der Waals surface area contributed by atoms with Gasteiger partial charge in [-0.1, -0.05) is 0 Å². The van der Waals surface area contributed by atoms with Gasteiger partial charge in [0.25, 0.3) is 0 Å². The van der Waals surface area contributed by atoms with Gasteiger partial charge in [0.15, 0.2) is 0 Å². The van der Waals surface area contributed by atoms with Gasteiger partial charge < -0.3 is 0 Å². The van der Waals surface area contributed by atoms with Crippen molar-refractivity contribution in [2.24, 2.45) is 5.92 Å². The molecule has 0 amide bonds. The maximum atomic E-state index is 2.38. The molecule has 0 aromatic carbocycles. The Kier molecular flexibility index (Phi) is 8.06. The summed E-state index contributed by atoms with van der Waals surface area (Å²) in [5.41, 5.74) is 1.46. The average molecular weight is 233 g/mol. The second-order valence-electron chi connectivity index (χ2n) is 3.75. The molecule has 0 saturated carbocycles. The predicted octanol–water partition coefficient (Wildman–Crippen LogP) is 3.93. The molecule has 12 heavy (non-hydrogen) atoms. The van der Waals surface area contributed by atoms with E-state index >= 15 is 0 Å². The molecule has 1 heteroatoms. The molecule has 0 nitrogen and oxygen atoms in total. The van der Waals surface area contributed by atoms with Crippen molar-refractivity contribution in [1.82, 2.24) is 0 Å². The zero-order valence-corrected chi connectivity index (χ0v) is 10.6. The third-order valence-corrected chi connectivity index (χ3v) is 3.38. The van der Waals surface area contributed by atoms with Crippen LogP contribution < -0.4 is 0 Å². The van der Waals surface area contributed by atoms with Crippen molar-refractivity contribution in [2.45, 2.75) is 51.2 Å². The standard InChI is InChI=1S/C11H22Se/c1-10(2)6-5-7-11(3)8-9-12-4/h6,11H,5,7-9H2,1-4H3/t11-/m1/s1. The second kappa shape index (κ2) is 7.89. The van der Waals surface area contributed by atoms with E-state index < -0.39 is 0 Å². The summed E-state index contributed by atoms with van der Waals surface area (Å²) in [6, 6.07) is 0. The maximum absolute atomic E-state index is 2.38. The molecule has 0 fully saturated rings. The first-order valence-corrected chi connectivity index (χ1v) is 7.71. The molecule has 0 rings (SSSR count). The summed E-state index contributed by atoms with van der Waals surface area (Å²) in [4.78, 5) is 0. The predicted molar refractivity (Wildman–Crippen MR) is 58.9 cm³/mol. The molecule has 0 aromatic heterocycles. The van der Waals surface area contributed by atoms with Crippen LogP contribution in [0.15, 0.2) is 11.6 Å². The molecule has 72 valence electrons. The number of hydrogen-bond acceptors (Lipinski definition) is 0. The summed E-state index contributed by atoms with van der Waals surface area (Å²) in [6.07, 6.45) is 6.45. The van der Waals surface area contributed by atoms with Gasteiger partial charge in [0.1, 0.15) is 0 Å². The van der Waals surface area contributed by atoms with Crippen molar-refractivity contribution in [3.05, 3.63) is 11.6 Å². The van der Waals surface area contributed by atoms with E-state index in [1.54, 1.807) is 0 Å². The van der Waals surface area contributed by atoms with Crippen LogP contribution in [0.2, 0.25) is 11.1 Å². The van der Waals surface area contributed by atoms with Gasteiger partial charge in [0, 0.05) is 0 Å². The van der Waals surface area contributed by atoms with Gasteiger partial charge in [-0.05, 0) is 0 Å². The first-order chi connectivity index (χ1) is 5.66. The molecule has 0 aliphatic rings. The Morgan fingerprint density at radius 3 is 2.50 bits per heavy atom. The molecule has 1 atom stereocenters.